The van der Waals surface area contributed by atoms with E-state index in [-0.39, 0.29) is 6.79 Å². The van der Waals surface area contributed by atoms with Gasteiger partial charge in [0.05, 0.1) is 11.4 Å². The Labute approximate surface area is 132 Å². The molecule has 0 amide bonds. The minimum absolute atomic E-state index is 0.278. The fourth-order valence-corrected chi connectivity index (χ4v) is 2.68. The number of hydrogen-bond donors (Lipinski definition) is 0. The zero-order chi connectivity index (χ0) is 15.1. The molecule has 5 heteroatoms. The van der Waals surface area contributed by atoms with Gasteiger partial charge in [0.1, 0.15) is 0 Å². The van der Waals surface area contributed by atoms with Gasteiger partial charge in [-0.3, -0.25) is 4.68 Å². The van der Waals surface area contributed by atoms with Crippen molar-refractivity contribution in [1.29, 1.82) is 0 Å². The third kappa shape index (κ3) is 2.22. The molecule has 0 spiro atoms. The SMILES string of the molecule is Cn1nc(-c2ccc(Cl)cc2)cc1-c1ccc2c(c1)OCO2. The Balaban J connectivity index is 1.75. The van der Waals surface area contributed by atoms with Gasteiger partial charge in [-0.05, 0) is 36.4 Å². The summed E-state index contributed by atoms with van der Waals surface area (Å²) in [6.07, 6.45) is 0. The van der Waals surface area contributed by atoms with Crippen molar-refractivity contribution in [3.05, 3.63) is 53.6 Å². The Morgan fingerprint density at radius 2 is 1.68 bits per heavy atom. The van der Waals surface area contributed by atoms with Crippen molar-refractivity contribution in [1.82, 2.24) is 9.78 Å². The van der Waals surface area contributed by atoms with E-state index >= 15 is 0 Å². The second kappa shape index (κ2) is 5.07. The van der Waals surface area contributed by atoms with Gasteiger partial charge in [0, 0.05) is 23.2 Å². The number of ether oxygens (including phenoxy) is 2. The lowest BCUT2D eigenvalue weighted by molar-refractivity contribution is 0.174. The molecule has 4 nitrogen and oxygen atoms in total. The molecule has 0 radical (unpaired) electrons. The summed E-state index contributed by atoms with van der Waals surface area (Å²) in [5.74, 6) is 1.55. The zero-order valence-corrected chi connectivity index (χ0v) is 12.7. The molecule has 0 N–H and O–H groups in total. The molecule has 0 saturated heterocycles. The van der Waals surface area contributed by atoms with Crippen molar-refractivity contribution < 1.29 is 9.47 Å². The summed E-state index contributed by atoms with van der Waals surface area (Å²) < 4.78 is 12.6. The Hall–Kier alpha value is -2.46. The van der Waals surface area contributed by atoms with Crippen LogP contribution < -0.4 is 9.47 Å². The van der Waals surface area contributed by atoms with Crippen molar-refractivity contribution in [3.8, 4) is 34.0 Å². The fourth-order valence-electron chi connectivity index (χ4n) is 2.56. The molecule has 110 valence electrons. The van der Waals surface area contributed by atoms with E-state index in [1.54, 1.807) is 0 Å². The Bertz CT molecular complexity index is 840. The van der Waals surface area contributed by atoms with Crippen LogP contribution in [0.4, 0.5) is 0 Å². The van der Waals surface area contributed by atoms with E-state index in [0.29, 0.717) is 0 Å². The standard InChI is InChI=1S/C17H13ClN2O2/c1-20-15(12-4-7-16-17(8-12)22-10-21-16)9-14(19-20)11-2-5-13(18)6-3-11/h2-9H,10H2,1H3. The van der Waals surface area contributed by atoms with E-state index in [1.807, 2.05) is 54.2 Å². The predicted octanol–water partition coefficient (Wildman–Crippen LogP) is 4.14. The lowest BCUT2D eigenvalue weighted by atomic mass is 10.1. The van der Waals surface area contributed by atoms with Gasteiger partial charge in [-0.2, -0.15) is 5.10 Å². The van der Waals surface area contributed by atoms with Crippen molar-refractivity contribution in [2.45, 2.75) is 0 Å². The van der Waals surface area contributed by atoms with Crippen molar-refractivity contribution in [2.75, 3.05) is 6.79 Å². The fraction of sp³-hybridized carbons (Fsp3) is 0.118. The summed E-state index contributed by atoms with van der Waals surface area (Å²) in [5.41, 5.74) is 4.00. The monoisotopic (exact) mass is 312 g/mol. The topological polar surface area (TPSA) is 36.3 Å². The van der Waals surface area contributed by atoms with Gasteiger partial charge >= 0.3 is 0 Å². The molecule has 0 saturated carbocycles. The first-order valence-electron chi connectivity index (χ1n) is 6.91. The highest BCUT2D eigenvalue weighted by Crippen LogP contribution is 2.36. The Morgan fingerprint density at radius 1 is 0.955 bits per heavy atom. The van der Waals surface area contributed by atoms with Crippen molar-refractivity contribution in [3.63, 3.8) is 0 Å². The van der Waals surface area contributed by atoms with Crippen molar-refractivity contribution >= 4 is 11.6 Å². The molecule has 0 fully saturated rings. The maximum atomic E-state index is 5.93. The molecule has 3 aromatic rings. The van der Waals surface area contributed by atoms with Crippen LogP contribution in [-0.4, -0.2) is 16.6 Å². The van der Waals surface area contributed by atoms with E-state index in [0.717, 1.165) is 39.0 Å². The molecule has 2 heterocycles. The summed E-state index contributed by atoms with van der Waals surface area (Å²) in [6, 6.07) is 15.6. The van der Waals surface area contributed by atoms with Crippen LogP contribution in [0.15, 0.2) is 48.5 Å². The van der Waals surface area contributed by atoms with E-state index in [2.05, 4.69) is 11.2 Å². The molecule has 1 aliphatic heterocycles. The van der Waals surface area contributed by atoms with Crippen LogP contribution in [0.1, 0.15) is 0 Å². The Morgan fingerprint density at radius 3 is 2.50 bits per heavy atom. The number of rotatable bonds is 2. The smallest absolute Gasteiger partial charge is 0.231 e. The van der Waals surface area contributed by atoms with E-state index in [1.165, 1.54) is 0 Å². The number of fused-ring (bicyclic) bond motifs is 1. The number of halogens is 1. The number of aromatic nitrogens is 2. The van der Waals surface area contributed by atoms with Gasteiger partial charge in [-0.25, -0.2) is 0 Å². The maximum Gasteiger partial charge on any atom is 0.231 e. The van der Waals surface area contributed by atoms with Crippen molar-refractivity contribution in [2.24, 2.45) is 7.05 Å². The first kappa shape index (κ1) is 13.2. The van der Waals surface area contributed by atoms with E-state index < -0.39 is 0 Å². The van der Waals surface area contributed by atoms with Crippen LogP contribution in [0.3, 0.4) is 0 Å². The summed E-state index contributed by atoms with van der Waals surface area (Å²) in [5, 5.41) is 5.30. The highest BCUT2D eigenvalue weighted by molar-refractivity contribution is 6.30. The van der Waals surface area contributed by atoms with Gasteiger partial charge in [-0.15, -0.1) is 0 Å². The van der Waals surface area contributed by atoms with Gasteiger partial charge < -0.3 is 9.47 Å². The molecule has 1 aliphatic rings. The molecule has 2 aromatic carbocycles. The summed E-state index contributed by atoms with van der Waals surface area (Å²) >= 11 is 5.93. The predicted molar refractivity (Wildman–Crippen MR) is 85.2 cm³/mol. The highest BCUT2D eigenvalue weighted by atomic mass is 35.5. The maximum absolute atomic E-state index is 5.93. The number of hydrogen-bond acceptors (Lipinski definition) is 3. The van der Waals surface area contributed by atoms with Gasteiger partial charge in [0.15, 0.2) is 11.5 Å². The Kier molecular flexibility index (Phi) is 3.05. The van der Waals surface area contributed by atoms with Gasteiger partial charge in [-0.1, -0.05) is 23.7 Å². The quantitative estimate of drug-likeness (QED) is 0.713. The van der Waals surface area contributed by atoms with Gasteiger partial charge in [0.25, 0.3) is 0 Å². The third-order valence-corrected chi connectivity index (χ3v) is 3.94. The zero-order valence-electron chi connectivity index (χ0n) is 11.9. The number of nitrogens with zero attached hydrogens (tertiary/aromatic N) is 2. The largest absolute Gasteiger partial charge is 0.454 e. The third-order valence-electron chi connectivity index (χ3n) is 3.69. The summed E-state index contributed by atoms with van der Waals surface area (Å²) in [7, 11) is 1.93. The minimum atomic E-state index is 0.278. The second-order valence-corrected chi connectivity index (χ2v) is 5.55. The van der Waals surface area contributed by atoms with Crippen LogP contribution >= 0.6 is 11.6 Å². The molecule has 0 atom stereocenters. The molecular formula is C17H13ClN2O2. The normalized spacial score (nSPS) is 12.6. The van der Waals surface area contributed by atoms with Crippen LogP contribution in [-0.2, 0) is 7.05 Å². The first-order chi connectivity index (χ1) is 10.7. The minimum Gasteiger partial charge on any atom is -0.454 e. The molecule has 0 bridgehead atoms. The van der Waals surface area contributed by atoms with Crippen LogP contribution in [0.5, 0.6) is 11.5 Å². The van der Waals surface area contributed by atoms with Crippen LogP contribution in [0, 0.1) is 0 Å². The molecule has 22 heavy (non-hydrogen) atoms. The molecule has 0 unspecified atom stereocenters. The second-order valence-electron chi connectivity index (χ2n) is 5.11. The lowest BCUT2D eigenvalue weighted by Gasteiger charge is -2.03. The first-order valence-corrected chi connectivity index (χ1v) is 7.28. The summed E-state index contributed by atoms with van der Waals surface area (Å²) in [6.45, 7) is 0.278. The van der Waals surface area contributed by atoms with Gasteiger partial charge in [0.2, 0.25) is 6.79 Å². The molecule has 4 rings (SSSR count). The average molecular weight is 313 g/mol. The summed E-state index contributed by atoms with van der Waals surface area (Å²) in [4.78, 5) is 0. The number of aryl methyl sites for hydroxylation is 1. The molecule has 0 aliphatic carbocycles. The van der Waals surface area contributed by atoms with Crippen LogP contribution in [0.2, 0.25) is 5.02 Å². The molecule has 1 aromatic heterocycles. The lowest BCUT2D eigenvalue weighted by Crippen LogP contribution is -1.94. The average Bonchev–Trinajstić information content (AvgIpc) is 3.13. The van der Waals surface area contributed by atoms with E-state index in [9.17, 15) is 0 Å². The van der Waals surface area contributed by atoms with E-state index in [4.69, 9.17) is 21.1 Å². The molecular weight excluding hydrogens is 300 g/mol. The highest BCUT2D eigenvalue weighted by Gasteiger charge is 2.16. The number of benzene rings is 2. The van der Waals surface area contributed by atoms with Crippen LogP contribution in [0.25, 0.3) is 22.5 Å².